The molecule has 0 spiro atoms. The second kappa shape index (κ2) is 8.21. The van der Waals surface area contributed by atoms with Crippen molar-refractivity contribution in [3.05, 3.63) is 48.3 Å². The van der Waals surface area contributed by atoms with Gasteiger partial charge in [-0.2, -0.15) is 0 Å². The molecule has 7 nitrogen and oxygen atoms in total. The molecular formula is C16H21FN4O3S. The summed E-state index contributed by atoms with van der Waals surface area (Å²) in [6, 6.07) is 3.33. The average molecular weight is 368 g/mol. The molecule has 0 unspecified atom stereocenters. The van der Waals surface area contributed by atoms with Gasteiger partial charge >= 0.3 is 0 Å². The van der Waals surface area contributed by atoms with Gasteiger partial charge in [0, 0.05) is 25.0 Å². The molecule has 1 heterocycles. The zero-order valence-electron chi connectivity index (χ0n) is 14.1. The van der Waals surface area contributed by atoms with Crippen LogP contribution in [0.1, 0.15) is 18.9 Å². The summed E-state index contributed by atoms with van der Waals surface area (Å²) in [5.41, 5.74) is 0.221. The molecule has 0 aliphatic carbocycles. The molecule has 2 N–H and O–H groups in total. The fraction of sp³-hybridized carbons (Fsp3) is 0.375. The second-order valence-electron chi connectivity index (χ2n) is 5.67. The highest BCUT2D eigenvalue weighted by Gasteiger charge is 2.18. The first-order valence-electron chi connectivity index (χ1n) is 7.82. The van der Waals surface area contributed by atoms with Crippen LogP contribution in [0.25, 0.3) is 0 Å². The predicted octanol–water partition coefficient (Wildman–Crippen LogP) is 1.20. The maximum atomic E-state index is 13.3. The van der Waals surface area contributed by atoms with Crippen LogP contribution < -0.4 is 10.0 Å². The zero-order chi connectivity index (χ0) is 18.4. The third-order valence-electron chi connectivity index (χ3n) is 3.71. The molecule has 0 fully saturated rings. The fourth-order valence-electron chi connectivity index (χ4n) is 2.23. The third-order valence-corrected chi connectivity index (χ3v) is 5.11. The van der Waals surface area contributed by atoms with Crippen LogP contribution in [0.3, 0.4) is 0 Å². The van der Waals surface area contributed by atoms with E-state index in [-0.39, 0.29) is 23.0 Å². The SMILES string of the molecule is CC[C@H](Cn1ccnc1)NC(=O)CNS(=O)(=O)c1ccc(F)c(C)c1. The van der Waals surface area contributed by atoms with Gasteiger partial charge in [0.1, 0.15) is 5.82 Å². The van der Waals surface area contributed by atoms with E-state index >= 15 is 0 Å². The van der Waals surface area contributed by atoms with E-state index in [1.165, 1.54) is 13.0 Å². The normalized spacial score (nSPS) is 12.8. The van der Waals surface area contributed by atoms with Gasteiger partial charge in [0.15, 0.2) is 0 Å². The Hall–Kier alpha value is -2.26. The monoisotopic (exact) mass is 368 g/mol. The Kier molecular flexibility index (Phi) is 6.27. The number of nitrogens with zero attached hydrogens (tertiary/aromatic N) is 2. The number of aryl methyl sites for hydroxylation is 1. The Morgan fingerprint density at radius 1 is 1.40 bits per heavy atom. The molecule has 0 radical (unpaired) electrons. The lowest BCUT2D eigenvalue weighted by Gasteiger charge is -2.17. The van der Waals surface area contributed by atoms with Crippen LogP contribution in [0.15, 0.2) is 41.8 Å². The molecule has 0 saturated heterocycles. The van der Waals surface area contributed by atoms with E-state index in [0.29, 0.717) is 13.0 Å². The van der Waals surface area contributed by atoms with Gasteiger partial charge in [0.05, 0.1) is 17.8 Å². The summed E-state index contributed by atoms with van der Waals surface area (Å²) < 4.78 is 41.7. The van der Waals surface area contributed by atoms with Crippen LogP contribution in [0, 0.1) is 12.7 Å². The molecular weight excluding hydrogens is 347 g/mol. The van der Waals surface area contributed by atoms with Crippen molar-refractivity contribution in [3.8, 4) is 0 Å². The smallest absolute Gasteiger partial charge is 0.241 e. The van der Waals surface area contributed by atoms with Crippen LogP contribution in [0.2, 0.25) is 0 Å². The minimum atomic E-state index is -3.88. The Morgan fingerprint density at radius 3 is 2.76 bits per heavy atom. The standard InChI is InChI=1S/C16H21FN4O3S/c1-3-13(10-21-7-6-18-11-21)20-16(22)9-19-25(23,24)14-4-5-15(17)12(2)8-14/h4-8,11,13,19H,3,9-10H2,1-2H3,(H,20,22)/t13-/m1/s1. The highest BCUT2D eigenvalue weighted by molar-refractivity contribution is 7.89. The first kappa shape index (κ1) is 19.1. The molecule has 1 aromatic heterocycles. The Balaban J connectivity index is 1.92. The largest absolute Gasteiger partial charge is 0.350 e. The number of halogens is 1. The number of carbonyl (C=O) groups excluding carboxylic acids is 1. The van der Waals surface area contributed by atoms with Crippen molar-refractivity contribution in [3.63, 3.8) is 0 Å². The van der Waals surface area contributed by atoms with Crippen molar-refractivity contribution >= 4 is 15.9 Å². The number of nitrogens with one attached hydrogen (secondary N) is 2. The maximum Gasteiger partial charge on any atom is 0.241 e. The average Bonchev–Trinajstić information content (AvgIpc) is 3.08. The van der Waals surface area contributed by atoms with E-state index in [0.717, 1.165) is 12.1 Å². The van der Waals surface area contributed by atoms with Crippen molar-refractivity contribution in [2.45, 2.75) is 37.8 Å². The van der Waals surface area contributed by atoms with Crippen LogP contribution in [-0.2, 0) is 21.4 Å². The van der Waals surface area contributed by atoms with E-state index < -0.39 is 21.7 Å². The van der Waals surface area contributed by atoms with Crippen LogP contribution in [-0.4, -0.2) is 36.5 Å². The topological polar surface area (TPSA) is 93.1 Å². The van der Waals surface area contributed by atoms with E-state index in [2.05, 4.69) is 15.0 Å². The molecule has 0 aliphatic rings. The van der Waals surface area contributed by atoms with Gasteiger partial charge in [-0.25, -0.2) is 22.5 Å². The Morgan fingerprint density at radius 2 is 2.16 bits per heavy atom. The molecule has 136 valence electrons. The molecule has 1 amide bonds. The van der Waals surface area contributed by atoms with Crippen molar-refractivity contribution in [1.29, 1.82) is 0 Å². The number of aromatic nitrogens is 2. The highest BCUT2D eigenvalue weighted by Crippen LogP contribution is 2.13. The second-order valence-corrected chi connectivity index (χ2v) is 7.43. The minimum Gasteiger partial charge on any atom is -0.350 e. The number of hydrogen-bond acceptors (Lipinski definition) is 4. The Bertz CT molecular complexity index is 822. The minimum absolute atomic E-state index is 0.0790. The van der Waals surface area contributed by atoms with Crippen molar-refractivity contribution in [2.24, 2.45) is 0 Å². The van der Waals surface area contributed by atoms with Crippen LogP contribution >= 0.6 is 0 Å². The van der Waals surface area contributed by atoms with E-state index in [4.69, 9.17) is 0 Å². The summed E-state index contributed by atoms with van der Waals surface area (Å²) in [5.74, 6) is -0.920. The fourth-order valence-corrected chi connectivity index (χ4v) is 3.30. The van der Waals surface area contributed by atoms with Gasteiger partial charge in [-0.1, -0.05) is 6.92 Å². The molecule has 9 heteroatoms. The number of carbonyl (C=O) groups is 1. The predicted molar refractivity (Wildman–Crippen MR) is 90.8 cm³/mol. The molecule has 25 heavy (non-hydrogen) atoms. The van der Waals surface area contributed by atoms with Gasteiger partial charge in [-0.05, 0) is 37.1 Å². The van der Waals surface area contributed by atoms with Crippen LogP contribution in [0.5, 0.6) is 0 Å². The maximum absolute atomic E-state index is 13.3. The first-order chi connectivity index (χ1) is 11.8. The summed E-state index contributed by atoms with van der Waals surface area (Å²) in [7, 11) is -3.88. The zero-order valence-corrected chi connectivity index (χ0v) is 14.9. The number of hydrogen-bond donors (Lipinski definition) is 2. The third kappa shape index (κ3) is 5.36. The molecule has 1 aromatic carbocycles. The lowest BCUT2D eigenvalue weighted by molar-refractivity contribution is -0.120. The van der Waals surface area contributed by atoms with Gasteiger partial charge in [-0.3, -0.25) is 4.79 Å². The Labute approximate surface area is 146 Å². The summed E-state index contributed by atoms with van der Waals surface area (Å²) in [6.45, 7) is 3.56. The number of sulfonamides is 1. The lowest BCUT2D eigenvalue weighted by atomic mass is 10.2. The van der Waals surface area contributed by atoms with Gasteiger partial charge in [0.25, 0.3) is 0 Å². The van der Waals surface area contributed by atoms with Crippen LogP contribution in [0.4, 0.5) is 4.39 Å². The lowest BCUT2D eigenvalue weighted by Crippen LogP contribution is -2.43. The summed E-state index contributed by atoms with van der Waals surface area (Å²) in [5, 5.41) is 2.78. The quantitative estimate of drug-likeness (QED) is 0.732. The van der Waals surface area contributed by atoms with E-state index in [1.54, 1.807) is 18.7 Å². The van der Waals surface area contributed by atoms with Crippen molar-refractivity contribution in [2.75, 3.05) is 6.54 Å². The van der Waals surface area contributed by atoms with E-state index in [1.807, 2.05) is 11.5 Å². The number of rotatable bonds is 8. The van der Waals surface area contributed by atoms with E-state index in [9.17, 15) is 17.6 Å². The highest BCUT2D eigenvalue weighted by atomic mass is 32.2. The van der Waals surface area contributed by atoms with Gasteiger partial charge < -0.3 is 9.88 Å². The van der Waals surface area contributed by atoms with Gasteiger partial charge in [0.2, 0.25) is 15.9 Å². The van der Waals surface area contributed by atoms with Gasteiger partial charge in [-0.15, -0.1) is 0 Å². The summed E-state index contributed by atoms with van der Waals surface area (Å²) in [6.07, 6.45) is 5.77. The number of amides is 1. The summed E-state index contributed by atoms with van der Waals surface area (Å²) >= 11 is 0. The molecule has 0 bridgehead atoms. The number of imidazole rings is 1. The molecule has 1 atom stereocenters. The molecule has 2 rings (SSSR count). The van der Waals surface area contributed by atoms with Crippen molar-refractivity contribution < 1.29 is 17.6 Å². The molecule has 0 aliphatic heterocycles. The number of benzene rings is 1. The molecule has 2 aromatic rings. The molecule has 0 saturated carbocycles. The van der Waals surface area contributed by atoms with Crippen molar-refractivity contribution in [1.82, 2.24) is 19.6 Å². The summed E-state index contributed by atoms with van der Waals surface area (Å²) in [4.78, 5) is 15.9. The first-order valence-corrected chi connectivity index (χ1v) is 9.31.